The second-order valence-electron chi connectivity index (χ2n) is 4.22. The molecule has 20 heavy (non-hydrogen) atoms. The Hall–Kier alpha value is -2.79. The molecule has 0 atom stereocenters. The lowest BCUT2D eigenvalue weighted by Gasteiger charge is -2.06. The van der Waals surface area contributed by atoms with Crippen LogP contribution in [0.5, 0.6) is 11.5 Å². The molecule has 1 heterocycles. The number of phenols is 1. The molecule has 0 aliphatic rings. The third-order valence-electron chi connectivity index (χ3n) is 2.99. The first kappa shape index (κ1) is 12.3. The van der Waals surface area contributed by atoms with Crippen LogP contribution in [0.1, 0.15) is 0 Å². The van der Waals surface area contributed by atoms with Crippen molar-refractivity contribution >= 4 is 11.0 Å². The average molecular weight is 270 g/mol. The Labute approximate surface area is 113 Å². The predicted molar refractivity (Wildman–Crippen MR) is 72.8 cm³/mol. The van der Waals surface area contributed by atoms with E-state index in [0.717, 1.165) is 0 Å². The smallest absolute Gasteiger partial charge is 0.208 e. The quantitative estimate of drug-likeness (QED) is 0.552. The van der Waals surface area contributed by atoms with Crippen LogP contribution in [0.3, 0.4) is 0 Å². The minimum absolute atomic E-state index is 0.00241. The molecule has 5 heteroatoms. The second-order valence-corrected chi connectivity index (χ2v) is 4.22. The number of fused-ring (bicyclic) bond motifs is 1. The third-order valence-corrected chi connectivity index (χ3v) is 2.99. The molecule has 5 nitrogen and oxygen atoms in total. The normalized spacial score (nSPS) is 10.7. The van der Waals surface area contributed by atoms with Gasteiger partial charge in [-0.15, -0.1) is 0 Å². The van der Waals surface area contributed by atoms with Gasteiger partial charge in [-0.05, 0) is 24.3 Å². The monoisotopic (exact) mass is 270 g/mol. The molecule has 2 N–H and O–H groups in total. The fourth-order valence-corrected chi connectivity index (χ4v) is 2.04. The van der Waals surface area contributed by atoms with E-state index in [-0.39, 0.29) is 33.7 Å². The Bertz CT molecular complexity index is 835. The van der Waals surface area contributed by atoms with E-state index in [1.807, 2.05) is 0 Å². The van der Waals surface area contributed by atoms with Gasteiger partial charge in [-0.3, -0.25) is 4.79 Å². The van der Waals surface area contributed by atoms with Gasteiger partial charge in [-0.2, -0.15) is 0 Å². The highest BCUT2D eigenvalue weighted by Crippen LogP contribution is 2.32. The molecular weight excluding hydrogens is 260 g/mol. The number of rotatable bonds is 2. The maximum absolute atomic E-state index is 12.1. The summed E-state index contributed by atoms with van der Waals surface area (Å²) in [4.78, 5) is 16.3. The van der Waals surface area contributed by atoms with Crippen molar-refractivity contribution in [2.75, 3.05) is 0 Å². The van der Waals surface area contributed by atoms with Gasteiger partial charge in [0.05, 0.1) is 10.9 Å². The fraction of sp³-hybridized carbons (Fsp3) is 0. The standard InChI is InChI=1S/C15H10O5/c16-11-6-2-1-4-9(11)14-8-12(17)10-5-3-7-13(20-18)15(10)19-14/h1-8,16,18H. The molecule has 0 saturated carbocycles. The summed E-state index contributed by atoms with van der Waals surface area (Å²) in [5, 5.41) is 18.9. The summed E-state index contributed by atoms with van der Waals surface area (Å²) in [6.45, 7) is 0. The maximum Gasteiger partial charge on any atom is 0.208 e. The van der Waals surface area contributed by atoms with Crippen LogP contribution in [0, 0.1) is 0 Å². The van der Waals surface area contributed by atoms with Crippen molar-refractivity contribution < 1.29 is 19.7 Å². The Morgan fingerprint density at radius 1 is 1.05 bits per heavy atom. The molecule has 0 fully saturated rings. The highest BCUT2D eigenvalue weighted by atomic mass is 17.1. The molecule has 1 aromatic heterocycles. The minimum atomic E-state index is -0.289. The van der Waals surface area contributed by atoms with E-state index in [1.54, 1.807) is 30.3 Å². The lowest BCUT2D eigenvalue weighted by atomic mass is 10.1. The van der Waals surface area contributed by atoms with Gasteiger partial charge in [0.15, 0.2) is 11.0 Å². The maximum atomic E-state index is 12.1. The minimum Gasteiger partial charge on any atom is -0.507 e. The zero-order chi connectivity index (χ0) is 14.1. The van der Waals surface area contributed by atoms with Crippen LogP contribution in [0.4, 0.5) is 0 Å². The zero-order valence-corrected chi connectivity index (χ0v) is 10.2. The molecule has 0 unspecified atom stereocenters. The summed E-state index contributed by atoms with van der Waals surface area (Å²) in [5.41, 5.74) is 0.225. The number of hydrogen-bond acceptors (Lipinski definition) is 5. The first-order valence-electron chi connectivity index (χ1n) is 5.87. The van der Waals surface area contributed by atoms with Crippen molar-refractivity contribution in [1.82, 2.24) is 0 Å². The van der Waals surface area contributed by atoms with Gasteiger partial charge in [-0.25, -0.2) is 5.26 Å². The van der Waals surface area contributed by atoms with Crippen molar-refractivity contribution in [3.8, 4) is 22.8 Å². The molecule has 3 aromatic rings. The summed E-state index contributed by atoms with van der Waals surface area (Å²) in [6.07, 6.45) is 0. The summed E-state index contributed by atoms with van der Waals surface area (Å²) < 4.78 is 5.59. The summed E-state index contributed by atoms with van der Waals surface area (Å²) in [7, 11) is 0. The van der Waals surface area contributed by atoms with Crippen LogP contribution in [0.25, 0.3) is 22.3 Å². The van der Waals surface area contributed by atoms with Gasteiger partial charge in [-0.1, -0.05) is 18.2 Å². The highest BCUT2D eigenvalue weighted by molar-refractivity contribution is 5.84. The van der Waals surface area contributed by atoms with Crippen molar-refractivity contribution in [3.63, 3.8) is 0 Å². The van der Waals surface area contributed by atoms with Crippen LogP contribution in [0.15, 0.2) is 57.7 Å². The molecule has 0 aliphatic heterocycles. The van der Waals surface area contributed by atoms with Crippen LogP contribution in [-0.4, -0.2) is 10.4 Å². The number of aromatic hydroxyl groups is 1. The van der Waals surface area contributed by atoms with Gasteiger partial charge >= 0.3 is 0 Å². The number of phenolic OH excluding ortho intramolecular Hbond substituents is 1. The van der Waals surface area contributed by atoms with E-state index >= 15 is 0 Å². The van der Waals surface area contributed by atoms with E-state index in [1.165, 1.54) is 18.2 Å². The third kappa shape index (κ3) is 1.90. The van der Waals surface area contributed by atoms with Crippen LogP contribution in [0.2, 0.25) is 0 Å². The van der Waals surface area contributed by atoms with Gasteiger partial charge in [0, 0.05) is 6.07 Å². The fourth-order valence-electron chi connectivity index (χ4n) is 2.04. The van der Waals surface area contributed by atoms with Crippen molar-refractivity contribution in [2.45, 2.75) is 0 Å². The first-order chi connectivity index (χ1) is 9.70. The summed E-state index contributed by atoms with van der Waals surface area (Å²) >= 11 is 0. The SMILES string of the molecule is O=c1cc(-c2ccccc2O)oc2c(OO)cccc12. The molecule has 0 saturated heterocycles. The van der Waals surface area contributed by atoms with Gasteiger partial charge in [0.25, 0.3) is 0 Å². The van der Waals surface area contributed by atoms with E-state index < -0.39 is 0 Å². The van der Waals surface area contributed by atoms with Crippen LogP contribution < -0.4 is 10.3 Å². The Morgan fingerprint density at radius 3 is 2.60 bits per heavy atom. The van der Waals surface area contributed by atoms with E-state index in [9.17, 15) is 9.90 Å². The molecule has 100 valence electrons. The van der Waals surface area contributed by atoms with Gasteiger partial charge in [0.1, 0.15) is 11.5 Å². The van der Waals surface area contributed by atoms with Crippen molar-refractivity contribution in [1.29, 1.82) is 0 Å². The number of hydrogen-bond donors (Lipinski definition) is 2. The van der Waals surface area contributed by atoms with Gasteiger partial charge < -0.3 is 14.4 Å². The molecule has 0 aliphatic carbocycles. The molecule has 3 rings (SSSR count). The molecule has 0 bridgehead atoms. The Kier molecular flexibility index (Phi) is 2.89. The van der Waals surface area contributed by atoms with E-state index in [0.29, 0.717) is 5.56 Å². The average Bonchev–Trinajstić information content (AvgIpc) is 2.47. The summed E-state index contributed by atoms with van der Waals surface area (Å²) in [5.74, 6) is 0.236. The number of benzene rings is 2. The molecule has 0 radical (unpaired) electrons. The predicted octanol–water partition coefficient (Wildman–Crippen LogP) is 3.02. The lowest BCUT2D eigenvalue weighted by Crippen LogP contribution is -2.01. The van der Waals surface area contributed by atoms with Gasteiger partial charge in [0.2, 0.25) is 5.75 Å². The first-order valence-corrected chi connectivity index (χ1v) is 5.87. The summed E-state index contributed by atoms with van der Waals surface area (Å²) in [6, 6.07) is 12.4. The lowest BCUT2D eigenvalue weighted by molar-refractivity contribution is -0.136. The second kappa shape index (κ2) is 4.71. The van der Waals surface area contributed by atoms with Crippen molar-refractivity contribution in [2.24, 2.45) is 0 Å². The number of para-hydroxylation sites is 2. The molecule has 0 spiro atoms. The Morgan fingerprint density at radius 2 is 1.85 bits per heavy atom. The largest absolute Gasteiger partial charge is 0.507 e. The van der Waals surface area contributed by atoms with E-state index in [2.05, 4.69) is 4.89 Å². The van der Waals surface area contributed by atoms with E-state index in [4.69, 9.17) is 9.67 Å². The molecular formula is C15H10O5. The Balaban J connectivity index is 2.35. The zero-order valence-electron chi connectivity index (χ0n) is 10.2. The molecule has 0 amide bonds. The highest BCUT2D eigenvalue weighted by Gasteiger charge is 2.13. The van der Waals surface area contributed by atoms with Crippen LogP contribution in [-0.2, 0) is 0 Å². The molecule has 2 aromatic carbocycles. The van der Waals surface area contributed by atoms with Crippen LogP contribution >= 0.6 is 0 Å². The van der Waals surface area contributed by atoms with Crippen molar-refractivity contribution in [3.05, 3.63) is 58.8 Å². The topological polar surface area (TPSA) is 79.9 Å².